The van der Waals surface area contributed by atoms with Crippen molar-refractivity contribution >= 4 is 57.6 Å². The minimum absolute atomic E-state index is 0.203. The molecule has 1 N–H and O–H groups in total. The number of hydrogen-bond acceptors (Lipinski definition) is 4. The van der Waals surface area contributed by atoms with Gasteiger partial charge in [0.25, 0.3) is 0 Å². The van der Waals surface area contributed by atoms with E-state index in [0.717, 1.165) is 46.7 Å². The number of hydrogen-bond donors (Lipinski definition) is 1. The first kappa shape index (κ1) is 18.8. The zero-order chi connectivity index (χ0) is 19.3. The Morgan fingerprint density at radius 3 is 2.79 bits per heavy atom. The molecule has 0 bridgehead atoms. The van der Waals surface area contributed by atoms with Gasteiger partial charge in [0.05, 0.1) is 16.2 Å². The van der Waals surface area contributed by atoms with Gasteiger partial charge < -0.3 is 10.2 Å². The van der Waals surface area contributed by atoms with Gasteiger partial charge >= 0.3 is 0 Å². The van der Waals surface area contributed by atoms with E-state index in [1.807, 2.05) is 60.3 Å². The summed E-state index contributed by atoms with van der Waals surface area (Å²) in [6.45, 7) is 2.00. The predicted octanol–water partition coefficient (Wildman–Crippen LogP) is 5.09. The molecule has 0 aliphatic carbocycles. The summed E-state index contributed by atoms with van der Waals surface area (Å²) in [5.41, 5.74) is 3.49. The number of nitrogens with zero attached hydrogens (tertiary/aromatic N) is 2. The molecule has 1 aliphatic heterocycles. The maximum absolute atomic E-state index is 12.3. The van der Waals surface area contributed by atoms with Gasteiger partial charge in [0.1, 0.15) is 0 Å². The highest BCUT2D eigenvalue weighted by atomic mass is 35.5. The van der Waals surface area contributed by atoms with Crippen LogP contribution in [0.15, 0.2) is 60.8 Å². The van der Waals surface area contributed by atoms with Gasteiger partial charge in [0, 0.05) is 53.5 Å². The van der Waals surface area contributed by atoms with Gasteiger partial charge in [0.2, 0.25) is 5.91 Å². The highest BCUT2D eigenvalue weighted by Gasteiger charge is 2.14. The van der Waals surface area contributed by atoms with Crippen molar-refractivity contribution in [3.63, 3.8) is 0 Å². The van der Waals surface area contributed by atoms with Crippen molar-refractivity contribution in [2.24, 2.45) is 0 Å². The Morgan fingerprint density at radius 2 is 1.96 bits per heavy atom. The van der Waals surface area contributed by atoms with E-state index >= 15 is 0 Å². The van der Waals surface area contributed by atoms with Crippen molar-refractivity contribution in [3.05, 3.63) is 71.4 Å². The molecular weight excluding hydrogens is 390 g/mol. The summed E-state index contributed by atoms with van der Waals surface area (Å²) in [7, 11) is 0. The van der Waals surface area contributed by atoms with E-state index < -0.39 is 0 Å². The molecule has 1 saturated heterocycles. The molecule has 28 heavy (non-hydrogen) atoms. The first-order valence-corrected chi connectivity index (χ1v) is 10.7. The smallest absolute Gasteiger partial charge is 0.248 e. The number of para-hydroxylation sites is 1. The molecule has 0 saturated carbocycles. The average molecular weight is 410 g/mol. The number of pyridine rings is 1. The molecule has 1 amide bonds. The van der Waals surface area contributed by atoms with Crippen LogP contribution in [-0.4, -0.2) is 35.5 Å². The zero-order valence-electron chi connectivity index (χ0n) is 15.3. The molecule has 1 fully saturated rings. The van der Waals surface area contributed by atoms with Crippen molar-refractivity contribution < 1.29 is 4.79 Å². The van der Waals surface area contributed by atoms with Gasteiger partial charge in [-0.25, -0.2) is 0 Å². The van der Waals surface area contributed by atoms with E-state index in [2.05, 4.69) is 15.2 Å². The van der Waals surface area contributed by atoms with E-state index in [0.29, 0.717) is 10.7 Å². The first-order valence-electron chi connectivity index (χ1n) is 9.16. The lowest BCUT2D eigenvalue weighted by molar-refractivity contribution is -0.111. The normalized spacial score (nSPS) is 14.5. The fraction of sp³-hybridized carbons (Fsp3) is 0.182. The lowest BCUT2D eigenvalue weighted by atomic mass is 10.1. The molecule has 0 atom stereocenters. The van der Waals surface area contributed by atoms with Crippen LogP contribution in [0.3, 0.4) is 0 Å². The second-order valence-electron chi connectivity index (χ2n) is 6.51. The van der Waals surface area contributed by atoms with Crippen molar-refractivity contribution in [3.8, 4) is 0 Å². The molecule has 0 unspecified atom stereocenters. The number of fused-ring (bicyclic) bond motifs is 1. The third-order valence-electron chi connectivity index (χ3n) is 4.65. The molecular formula is C22H20ClN3OS. The Kier molecular flexibility index (Phi) is 5.84. The second-order valence-corrected chi connectivity index (χ2v) is 8.14. The Morgan fingerprint density at radius 1 is 1.14 bits per heavy atom. The van der Waals surface area contributed by atoms with Crippen LogP contribution in [0.2, 0.25) is 5.02 Å². The summed E-state index contributed by atoms with van der Waals surface area (Å²) in [6, 6.07) is 15.5. The fourth-order valence-electron chi connectivity index (χ4n) is 3.26. The van der Waals surface area contributed by atoms with Crippen LogP contribution in [0.5, 0.6) is 0 Å². The Labute approximate surface area is 173 Å². The van der Waals surface area contributed by atoms with Crippen molar-refractivity contribution in [2.75, 3.05) is 34.8 Å². The molecule has 6 heteroatoms. The third-order valence-corrected chi connectivity index (χ3v) is 5.89. The quantitative estimate of drug-likeness (QED) is 0.609. The number of rotatable bonds is 4. The number of halogens is 1. The topological polar surface area (TPSA) is 45.2 Å². The molecule has 2 aromatic carbocycles. The third kappa shape index (κ3) is 4.32. The number of amides is 1. The molecule has 4 nitrogen and oxygen atoms in total. The van der Waals surface area contributed by atoms with Crippen LogP contribution >= 0.6 is 23.4 Å². The summed E-state index contributed by atoms with van der Waals surface area (Å²) >= 11 is 8.42. The van der Waals surface area contributed by atoms with Crippen LogP contribution in [0.25, 0.3) is 17.0 Å². The number of aromatic nitrogens is 1. The summed E-state index contributed by atoms with van der Waals surface area (Å²) in [6.07, 6.45) is 5.06. The van der Waals surface area contributed by atoms with Gasteiger partial charge in [-0.1, -0.05) is 35.9 Å². The molecule has 0 spiro atoms. The van der Waals surface area contributed by atoms with E-state index in [1.54, 1.807) is 12.3 Å². The van der Waals surface area contributed by atoms with Crippen LogP contribution in [0, 0.1) is 0 Å². The number of thioether (sulfide) groups is 1. The molecule has 4 rings (SSSR count). The predicted molar refractivity (Wildman–Crippen MR) is 120 cm³/mol. The first-order chi connectivity index (χ1) is 13.7. The second kappa shape index (κ2) is 8.67. The van der Waals surface area contributed by atoms with Crippen LogP contribution in [0.4, 0.5) is 11.4 Å². The summed E-state index contributed by atoms with van der Waals surface area (Å²) in [4.78, 5) is 19.0. The molecule has 3 aromatic rings. The zero-order valence-corrected chi connectivity index (χ0v) is 16.8. The van der Waals surface area contributed by atoms with E-state index in [-0.39, 0.29) is 5.91 Å². The van der Waals surface area contributed by atoms with Gasteiger partial charge in [-0.2, -0.15) is 11.8 Å². The minimum atomic E-state index is -0.203. The van der Waals surface area contributed by atoms with Crippen molar-refractivity contribution in [1.29, 1.82) is 0 Å². The fourth-order valence-corrected chi connectivity index (χ4v) is 4.46. The lowest BCUT2D eigenvalue weighted by Crippen LogP contribution is -2.32. The Balaban J connectivity index is 1.46. The molecule has 1 aliphatic rings. The minimum Gasteiger partial charge on any atom is -0.369 e. The number of benzene rings is 2. The van der Waals surface area contributed by atoms with E-state index in [4.69, 9.17) is 11.6 Å². The van der Waals surface area contributed by atoms with Gasteiger partial charge in [0.15, 0.2) is 0 Å². The standard InChI is InChI=1S/C22H20ClN3OS/c23-19-15-18(7-8-20(19)26-11-13-28-14-12-26)25-21(27)9-6-17-4-1-3-16-5-2-10-24-22(16)17/h1-10,15H,11-14H2,(H,25,27)/b9-6+. The van der Waals surface area contributed by atoms with Crippen molar-refractivity contribution in [2.45, 2.75) is 0 Å². The highest BCUT2D eigenvalue weighted by molar-refractivity contribution is 7.99. The maximum atomic E-state index is 12.3. The van der Waals surface area contributed by atoms with E-state index in [1.165, 1.54) is 6.08 Å². The van der Waals surface area contributed by atoms with Crippen molar-refractivity contribution in [1.82, 2.24) is 4.98 Å². The number of carbonyl (C=O) groups excluding carboxylic acids is 1. The largest absolute Gasteiger partial charge is 0.369 e. The SMILES string of the molecule is O=C(/C=C/c1cccc2cccnc12)Nc1ccc(N2CCSCC2)c(Cl)c1. The summed E-state index contributed by atoms with van der Waals surface area (Å²) in [5, 5.41) is 4.58. The van der Waals surface area contributed by atoms with Crippen LogP contribution in [0.1, 0.15) is 5.56 Å². The Bertz CT molecular complexity index is 1030. The Hall–Kier alpha value is -2.50. The highest BCUT2D eigenvalue weighted by Crippen LogP contribution is 2.30. The van der Waals surface area contributed by atoms with Crippen LogP contribution in [-0.2, 0) is 4.79 Å². The molecule has 2 heterocycles. The molecule has 1 aromatic heterocycles. The van der Waals surface area contributed by atoms with Gasteiger partial charge in [-0.15, -0.1) is 0 Å². The maximum Gasteiger partial charge on any atom is 0.248 e. The summed E-state index contributed by atoms with van der Waals surface area (Å²) in [5.74, 6) is 2.02. The number of anilines is 2. The lowest BCUT2D eigenvalue weighted by Gasteiger charge is -2.29. The summed E-state index contributed by atoms with van der Waals surface area (Å²) < 4.78 is 0. The van der Waals surface area contributed by atoms with E-state index in [9.17, 15) is 4.79 Å². The molecule has 0 radical (unpaired) electrons. The number of nitrogens with one attached hydrogen (secondary N) is 1. The van der Waals surface area contributed by atoms with Crippen LogP contribution < -0.4 is 10.2 Å². The van der Waals surface area contributed by atoms with Gasteiger partial charge in [-0.3, -0.25) is 9.78 Å². The number of carbonyl (C=O) groups is 1. The van der Waals surface area contributed by atoms with Gasteiger partial charge in [-0.05, 0) is 30.3 Å². The monoisotopic (exact) mass is 409 g/mol. The average Bonchev–Trinajstić information content (AvgIpc) is 2.73. The molecule has 142 valence electrons.